The molecule has 0 spiro atoms. The van der Waals surface area contributed by atoms with E-state index >= 15 is 0 Å². The second-order valence-corrected chi connectivity index (χ2v) is 3.74. The SMILES string of the molecule is Cc1ccc(-c2nc(Cl)c(CO)[nH]2)cc1. The summed E-state index contributed by atoms with van der Waals surface area (Å²) in [6.07, 6.45) is 0. The Morgan fingerprint density at radius 2 is 2.00 bits per heavy atom. The van der Waals surface area contributed by atoms with E-state index in [0.717, 1.165) is 5.56 Å². The van der Waals surface area contributed by atoms with Gasteiger partial charge in [-0.2, -0.15) is 0 Å². The minimum Gasteiger partial charge on any atom is -0.390 e. The first-order chi connectivity index (χ1) is 7.20. The summed E-state index contributed by atoms with van der Waals surface area (Å²) in [5, 5.41) is 9.29. The Morgan fingerprint density at radius 3 is 2.53 bits per heavy atom. The van der Waals surface area contributed by atoms with Crippen LogP contribution in [0.15, 0.2) is 24.3 Å². The minimum atomic E-state index is -0.127. The van der Waals surface area contributed by atoms with Crippen LogP contribution in [0.2, 0.25) is 5.15 Å². The van der Waals surface area contributed by atoms with Crippen molar-refractivity contribution in [3.05, 3.63) is 40.7 Å². The number of nitrogens with one attached hydrogen (secondary N) is 1. The van der Waals surface area contributed by atoms with Gasteiger partial charge in [0, 0.05) is 5.56 Å². The number of imidazole rings is 1. The summed E-state index contributed by atoms with van der Waals surface area (Å²) in [4.78, 5) is 7.11. The Morgan fingerprint density at radius 1 is 1.33 bits per heavy atom. The monoisotopic (exact) mass is 222 g/mol. The molecular formula is C11H11ClN2O. The van der Waals surface area contributed by atoms with Crippen LogP contribution in [-0.2, 0) is 6.61 Å². The first kappa shape index (κ1) is 10.2. The summed E-state index contributed by atoms with van der Waals surface area (Å²) in [6.45, 7) is 1.90. The minimum absolute atomic E-state index is 0.127. The second-order valence-electron chi connectivity index (χ2n) is 3.38. The van der Waals surface area contributed by atoms with E-state index < -0.39 is 0 Å². The van der Waals surface area contributed by atoms with Crippen LogP contribution in [0.25, 0.3) is 11.4 Å². The summed E-state index contributed by atoms with van der Waals surface area (Å²) >= 11 is 5.82. The molecule has 78 valence electrons. The van der Waals surface area contributed by atoms with Crippen LogP contribution in [0.5, 0.6) is 0 Å². The highest BCUT2D eigenvalue weighted by Crippen LogP contribution is 2.21. The van der Waals surface area contributed by atoms with Gasteiger partial charge in [-0.25, -0.2) is 4.98 Å². The van der Waals surface area contributed by atoms with Gasteiger partial charge in [0.05, 0.1) is 12.3 Å². The van der Waals surface area contributed by atoms with E-state index in [1.807, 2.05) is 31.2 Å². The number of hydrogen-bond acceptors (Lipinski definition) is 2. The highest BCUT2D eigenvalue weighted by atomic mass is 35.5. The largest absolute Gasteiger partial charge is 0.390 e. The number of halogens is 1. The van der Waals surface area contributed by atoms with E-state index in [0.29, 0.717) is 16.7 Å². The Labute approximate surface area is 92.7 Å². The fraction of sp³-hybridized carbons (Fsp3) is 0.182. The molecule has 1 aromatic heterocycles. The molecule has 0 aliphatic heterocycles. The standard InChI is InChI=1S/C11H11ClN2O/c1-7-2-4-8(5-3-7)11-13-9(6-15)10(12)14-11/h2-5,15H,6H2,1H3,(H,13,14). The van der Waals surface area contributed by atoms with Crippen molar-refractivity contribution in [1.82, 2.24) is 9.97 Å². The Hall–Kier alpha value is -1.32. The van der Waals surface area contributed by atoms with Crippen LogP contribution in [0, 0.1) is 6.92 Å². The van der Waals surface area contributed by atoms with Crippen LogP contribution in [0.4, 0.5) is 0 Å². The average molecular weight is 223 g/mol. The molecule has 2 N–H and O–H groups in total. The summed E-state index contributed by atoms with van der Waals surface area (Å²) < 4.78 is 0. The van der Waals surface area contributed by atoms with Gasteiger partial charge >= 0.3 is 0 Å². The quantitative estimate of drug-likeness (QED) is 0.821. The van der Waals surface area contributed by atoms with Crippen molar-refractivity contribution in [2.45, 2.75) is 13.5 Å². The van der Waals surface area contributed by atoms with Gasteiger partial charge in [0.25, 0.3) is 0 Å². The van der Waals surface area contributed by atoms with Gasteiger partial charge in [-0.05, 0) is 6.92 Å². The molecule has 2 rings (SSSR count). The lowest BCUT2D eigenvalue weighted by Gasteiger charge is -1.96. The van der Waals surface area contributed by atoms with Crippen LogP contribution < -0.4 is 0 Å². The fourth-order valence-corrected chi connectivity index (χ4v) is 1.53. The van der Waals surface area contributed by atoms with Crippen molar-refractivity contribution in [3.8, 4) is 11.4 Å². The van der Waals surface area contributed by atoms with Crippen LogP contribution in [-0.4, -0.2) is 15.1 Å². The third-order valence-corrected chi connectivity index (χ3v) is 2.52. The van der Waals surface area contributed by atoms with E-state index in [1.54, 1.807) is 0 Å². The van der Waals surface area contributed by atoms with Crippen LogP contribution in [0.1, 0.15) is 11.3 Å². The molecule has 1 aromatic carbocycles. The zero-order valence-electron chi connectivity index (χ0n) is 8.29. The summed E-state index contributed by atoms with van der Waals surface area (Å²) in [6, 6.07) is 7.94. The summed E-state index contributed by atoms with van der Waals surface area (Å²) in [7, 11) is 0. The molecule has 0 aliphatic carbocycles. The molecule has 0 saturated heterocycles. The van der Waals surface area contributed by atoms with E-state index in [9.17, 15) is 0 Å². The average Bonchev–Trinajstić information content (AvgIpc) is 2.61. The summed E-state index contributed by atoms with van der Waals surface area (Å²) in [5.74, 6) is 0.684. The molecular weight excluding hydrogens is 212 g/mol. The van der Waals surface area contributed by atoms with Gasteiger partial charge in [-0.15, -0.1) is 0 Å². The van der Waals surface area contributed by atoms with Crippen molar-refractivity contribution in [3.63, 3.8) is 0 Å². The van der Waals surface area contributed by atoms with Crippen molar-refractivity contribution in [2.24, 2.45) is 0 Å². The maximum atomic E-state index is 8.97. The van der Waals surface area contributed by atoms with Crippen molar-refractivity contribution in [1.29, 1.82) is 0 Å². The molecule has 0 fully saturated rings. The number of H-pyrrole nitrogens is 1. The maximum absolute atomic E-state index is 8.97. The van der Waals surface area contributed by atoms with Crippen LogP contribution in [0.3, 0.4) is 0 Å². The summed E-state index contributed by atoms with van der Waals surface area (Å²) in [5.41, 5.74) is 2.70. The molecule has 0 radical (unpaired) electrons. The normalized spacial score (nSPS) is 10.6. The van der Waals surface area contributed by atoms with E-state index in [-0.39, 0.29) is 6.61 Å². The van der Waals surface area contributed by atoms with E-state index in [4.69, 9.17) is 16.7 Å². The molecule has 1 heterocycles. The zero-order chi connectivity index (χ0) is 10.8. The fourth-order valence-electron chi connectivity index (χ4n) is 1.34. The third kappa shape index (κ3) is 2.03. The predicted molar refractivity (Wildman–Crippen MR) is 59.7 cm³/mol. The van der Waals surface area contributed by atoms with Crippen molar-refractivity contribution < 1.29 is 5.11 Å². The lowest BCUT2D eigenvalue weighted by Crippen LogP contribution is -1.84. The number of aryl methyl sites for hydroxylation is 1. The van der Waals surface area contributed by atoms with Gasteiger partial charge in [0.15, 0.2) is 5.15 Å². The molecule has 0 amide bonds. The van der Waals surface area contributed by atoms with Crippen molar-refractivity contribution >= 4 is 11.6 Å². The highest BCUT2D eigenvalue weighted by Gasteiger charge is 2.08. The Kier molecular flexibility index (Phi) is 2.75. The topological polar surface area (TPSA) is 48.9 Å². The Balaban J connectivity index is 2.41. The van der Waals surface area contributed by atoms with Gasteiger partial charge in [0.1, 0.15) is 5.82 Å². The number of benzene rings is 1. The zero-order valence-corrected chi connectivity index (χ0v) is 9.04. The number of aromatic nitrogens is 2. The van der Waals surface area contributed by atoms with Gasteiger partial charge in [-0.1, -0.05) is 41.4 Å². The van der Waals surface area contributed by atoms with Gasteiger partial charge in [0.2, 0.25) is 0 Å². The number of aliphatic hydroxyl groups is 1. The second kappa shape index (κ2) is 4.04. The number of aliphatic hydroxyl groups excluding tert-OH is 1. The molecule has 0 atom stereocenters. The van der Waals surface area contributed by atoms with Gasteiger partial charge < -0.3 is 10.1 Å². The molecule has 0 aliphatic rings. The smallest absolute Gasteiger partial charge is 0.153 e. The van der Waals surface area contributed by atoms with E-state index in [1.165, 1.54) is 5.56 Å². The van der Waals surface area contributed by atoms with E-state index in [2.05, 4.69) is 9.97 Å². The highest BCUT2D eigenvalue weighted by molar-refractivity contribution is 6.30. The number of aromatic amines is 1. The predicted octanol–water partition coefficient (Wildman–Crippen LogP) is 2.53. The number of hydrogen-bond donors (Lipinski definition) is 2. The maximum Gasteiger partial charge on any atom is 0.153 e. The molecule has 0 saturated carbocycles. The van der Waals surface area contributed by atoms with Crippen LogP contribution >= 0.6 is 11.6 Å². The first-order valence-corrected chi connectivity index (χ1v) is 5.01. The lowest BCUT2D eigenvalue weighted by molar-refractivity contribution is 0.277. The third-order valence-electron chi connectivity index (χ3n) is 2.21. The van der Waals surface area contributed by atoms with Gasteiger partial charge in [-0.3, -0.25) is 0 Å². The number of rotatable bonds is 2. The molecule has 15 heavy (non-hydrogen) atoms. The first-order valence-electron chi connectivity index (χ1n) is 4.63. The Bertz CT molecular complexity index is 462. The molecule has 3 nitrogen and oxygen atoms in total. The molecule has 4 heteroatoms. The molecule has 0 unspecified atom stereocenters. The van der Waals surface area contributed by atoms with Crippen molar-refractivity contribution in [2.75, 3.05) is 0 Å². The lowest BCUT2D eigenvalue weighted by atomic mass is 10.1. The number of nitrogens with zero attached hydrogens (tertiary/aromatic N) is 1. The molecule has 0 bridgehead atoms. The molecule has 2 aromatic rings.